The van der Waals surface area contributed by atoms with E-state index in [4.69, 9.17) is 0 Å². The van der Waals surface area contributed by atoms with Crippen LogP contribution in [0.15, 0.2) is 46.9 Å². The minimum atomic E-state index is -0.0805. The lowest BCUT2D eigenvalue weighted by Gasteiger charge is -2.10. The summed E-state index contributed by atoms with van der Waals surface area (Å²) < 4.78 is 0.906. The predicted octanol–water partition coefficient (Wildman–Crippen LogP) is 4.32. The van der Waals surface area contributed by atoms with Crippen LogP contribution in [0.3, 0.4) is 0 Å². The first-order valence-corrected chi connectivity index (χ1v) is 6.50. The maximum Gasteiger partial charge on any atom is 0.255 e. The number of halogens is 1. The largest absolute Gasteiger partial charge is 0.322 e. The highest BCUT2D eigenvalue weighted by molar-refractivity contribution is 9.10. The lowest BCUT2D eigenvalue weighted by atomic mass is 10.1. The van der Waals surface area contributed by atoms with Gasteiger partial charge in [-0.15, -0.1) is 0 Å². The van der Waals surface area contributed by atoms with E-state index < -0.39 is 0 Å². The fraction of sp³-hybridized carbons (Fsp3) is 0.133. The molecule has 0 aromatic heterocycles. The molecule has 0 radical (unpaired) electrons. The van der Waals surface area contributed by atoms with Crippen LogP contribution in [0.2, 0.25) is 0 Å². The van der Waals surface area contributed by atoms with E-state index >= 15 is 0 Å². The molecule has 0 heterocycles. The van der Waals surface area contributed by atoms with Crippen molar-refractivity contribution in [2.24, 2.45) is 0 Å². The molecule has 2 aromatic carbocycles. The number of para-hydroxylation sites is 1. The van der Waals surface area contributed by atoms with E-state index in [0.29, 0.717) is 5.56 Å². The molecule has 0 bridgehead atoms. The first-order valence-electron chi connectivity index (χ1n) is 5.71. The Bertz CT molecular complexity index is 593. The molecule has 2 nitrogen and oxygen atoms in total. The fourth-order valence-corrected chi connectivity index (χ4v) is 2.10. The third-order valence-corrected chi connectivity index (χ3v) is 3.33. The summed E-state index contributed by atoms with van der Waals surface area (Å²) in [7, 11) is 0. The van der Waals surface area contributed by atoms with Crippen molar-refractivity contribution in [3.8, 4) is 0 Å². The molecular weight excluding hydrogens is 290 g/mol. The molecule has 0 saturated carbocycles. The van der Waals surface area contributed by atoms with E-state index in [0.717, 1.165) is 21.3 Å². The van der Waals surface area contributed by atoms with Crippen molar-refractivity contribution in [3.05, 3.63) is 63.6 Å². The summed E-state index contributed by atoms with van der Waals surface area (Å²) in [6.45, 7) is 3.91. The molecule has 2 aromatic rings. The van der Waals surface area contributed by atoms with Gasteiger partial charge in [-0.25, -0.2) is 0 Å². The average molecular weight is 304 g/mol. The SMILES string of the molecule is Cc1ccccc1NC(=O)c1cc(Br)ccc1C. The molecule has 2 rings (SSSR count). The van der Waals surface area contributed by atoms with Crippen LogP contribution in [0.25, 0.3) is 0 Å². The smallest absolute Gasteiger partial charge is 0.255 e. The first kappa shape index (κ1) is 12.8. The Morgan fingerprint density at radius 1 is 1.06 bits per heavy atom. The molecule has 0 atom stereocenters. The van der Waals surface area contributed by atoms with Gasteiger partial charge in [0.15, 0.2) is 0 Å². The Morgan fingerprint density at radius 2 is 1.78 bits per heavy atom. The third kappa shape index (κ3) is 2.79. The maximum atomic E-state index is 12.2. The van der Waals surface area contributed by atoms with Gasteiger partial charge in [-0.05, 0) is 43.2 Å². The zero-order valence-corrected chi connectivity index (χ0v) is 11.9. The first-order chi connectivity index (χ1) is 8.58. The number of amides is 1. The lowest BCUT2D eigenvalue weighted by Crippen LogP contribution is -2.14. The quantitative estimate of drug-likeness (QED) is 0.879. The molecule has 92 valence electrons. The number of carbonyl (C=O) groups is 1. The molecule has 0 aliphatic carbocycles. The molecule has 0 fully saturated rings. The fourth-order valence-electron chi connectivity index (χ4n) is 1.74. The molecule has 18 heavy (non-hydrogen) atoms. The second-order valence-corrected chi connectivity index (χ2v) is 5.14. The van der Waals surface area contributed by atoms with E-state index in [1.54, 1.807) is 0 Å². The molecule has 0 saturated heterocycles. The van der Waals surface area contributed by atoms with Gasteiger partial charge in [-0.2, -0.15) is 0 Å². The van der Waals surface area contributed by atoms with Gasteiger partial charge in [0.1, 0.15) is 0 Å². The average Bonchev–Trinajstić information content (AvgIpc) is 2.35. The topological polar surface area (TPSA) is 29.1 Å². The van der Waals surface area contributed by atoms with Crippen LogP contribution in [-0.2, 0) is 0 Å². The highest BCUT2D eigenvalue weighted by Gasteiger charge is 2.10. The van der Waals surface area contributed by atoms with E-state index in [-0.39, 0.29) is 5.91 Å². The summed E-state index contributed by atoms with van der Waals surface area (Å²) in [4.78, 5) is 12.2. The van der Waals surface area contributed by atoms with Gasteiger partial charge in [0.25, 0.3) is 5.91 Å². The molecule has 1 amide bonds. The van der Waals surface area contributed by atoms with Gasteiger partial charge < -0.3 is 5.32 Å². The minimum absolute atomic E-state index is 0.0805. The van der Waals surface area contributed by atoms with Crippen molar-refractivity contribution in [1.29, 1.82) is 0 Å². The van der Waals surface area contributed by atoms with Crippen molar-refractivity contribution in [3.63, 3.8) is 0 Å². The van der Waals surface area contributed by atoms with Crippen LogP contribution in [-0.4, -0.2) is 5.91 Å². The number of anilines is 1. The lowest BCUT2D eigenvalue weighted by molar-refractivity contribution is 0.102. The Morgan fingerprint density at radius 3 is 2.50 bits per heavy atom. The van der Waals surface area contributed by atoms with E-state index in [1.165, 1.54) is 0 Å². The monoisotopic (exact) mass is 303 g/mol. The number of hydrogen-bond donors (Lipinski definition) is 1. The normalized spacial score (nSPS) is 10.2. The van der Waals surface area contributed by atoms with Crippen molar-refractivity contribution < 1.29 is 4.79 Å². The molecular formula is C15H14BrNO. The number of hydrogen-bond acceptors (Lipinski definition) is 1. The van der Waals surface area contributed by atoms with Crippen molar-refractivity contribution in [2.75, 3.05) is 5.32 Å². The van der Waals surface area contributed by atoms with Crippen LogP contribution in [0, 0.1) is 13.8 Å². The predicted molar refractivity (Wildman–Crippen MR) is 78.0 cm³/mol. The van der Waals surface area contributed by atoms with Gasteiger partial charge in [-0.1, -0.05) is 40.2 Å². The molecule has 1 N–H and O–H groups in total. The van der Waals surface area contributed by atoms with Crippen LogP contribution in [0.1, 0.15) is 21.5 Å². The summed E-state index contributed by atoms with van der Waals surface area (Å²) >= 11 is 3.38. The van der Waals surface area contributed by atoms with E-state index in [1.807, 2.05) is 56.3 Å². The Hall–Kier alpha value is -1.61. The van der Waals surface area contributed by atoms with Gasteiger partial charge in [-0.3, -0.25) is 4.79 Å². The zero-order chi connectivity index (χ0) is 13.1. The van der Waals surface area contributed by atoms with Crippen LogP contribution < -0.4 is 5.32 Å². The second-order valence-electron chi connectivity index (χ2n) is 4.23. The van der Waals surface area contributed by atoms with Gasteiger partial charge in [0, 0.05) is 15.7 Å². The molecule has 3 heteroatoms. The number of aryl methyl sites for hydroxylation is 2. The van der Waals surface area contributed by atoms with E-state index in [9.17, 15) is 4.79 Å². The number of rotatable bonds is 2. The van der Waals surface area contributed by atoms with Crippen LogP contribution in [0.5, 0.6) is 0 Å². The minimum Gasteiger partial charge on any atom is -0.322 e. The van der Waals surface area contributed by atoms with Crippen LogP contribution in [0.4, 0.5) is 5.69 Å². The number of benzene rings is 2. The van der Waals surface area contributed by atoms with Gasteiger partial charge >= 0.3 is 0 Å². The molecule has 0 aliphatic rings. The number of carbonyl (C=O) groups excluding carboxylic acids is 1. The van der Waals surface area contributed by atoms with Crippen molar-refractivity contribution in [1.82, 2.24) is 0 Å². The maximum absolute atomic E-state index is 12.2. The Labute approximate surface area is 115 Å². The Kier molecular flexibility index (Phi) is 3.82. The molecule has 0 aliphatic heterocycles. The van der Waals surface area contributed by atoms with Crippen molar-refractivity contribution >= 4 is 27.5 Å². The third-order valence-electron chi connectivity index (χ3n) is 2.84. The molecule has 0 unspecified atom stereocenters. The summed E-state index contributed by atoms with van der Waals surface area (Å²) in [5.41, 5.74) is 3.55. The highest BCUT2D eigenvalue weighted by Crippen LogP contribution is 2.19. The van der Waals surface area contributed by atoms with Crippen LogP contribution >= 0.6 is 15.9 Å². The highest BCUT2D eigenvalue weighted by atomic mass is 79.9. The van der Waals surface area contributed by atoms with Gasteiger partial charge in [0.05, 0.1) is 0 Å². The van der Waals surface area contributed by atoms with Crippen molar-refractivity contribution in [2.45, 2.75) is 13.8 Å². The summed E-state index contributed by atoms with van der Waals surface area (Å²) in [5.74, 6) is -0.0805. The Balaban J connectivity index is 2.28. The summed E-state index contributed by atoms with van der Waals surface area (Å²) in [6.07, 6.45) is 0. The second kappa shape index (κ2) is 5.36. The van der Waals surface area contributed by atoms with Gasteiger partial charge in [0.2, 0.25) is 0 Å². The zero-order valence-electron chi connectivity index (χ0n) is 10.3. The standard InChI is InChI=1S/C15H14BrNO/c1-10-7-8-12(16)9-13(10)15(18)17-14-6-4-3-5-11(14)2/h3-9H,1-2H3,(H,17,18). The van der Waals surface area contributed by atoms with E-state index in [2.05, 4.69) is 21.2 Å². The summed E-state index contributed by atoms with van der Waals surface area (Å²) in [6, 6.07) is 13.4. The number of nitrogens with one attached hydrogen (secondary N) is 1. The molecule has 0 spiro atoms. The summed E-state index contributed by atoms with van der Waals surface area (Å²) in [5, 5.41) is 2.93.